The number of rotatable bonds is 6. The van der Waals surface area contributed by atoms with E-state index in [9.17, 15) is 9.59 Å². The van der Waals surface area contributed by atoms with E-state index < -0.39 is 12.0 Å². The van der Waals surface area contributed by atoms with Crippen molar-refractivity contribution >= 4 is 12.0 Å². The molecule has 2 amide bonds. The monoisotopic (exact) mass is 255 g/mol. The number of ether oxygens (including phenoxy) is 1. The first-order valence-electron chi connectivity index (χ1n) is 5.72. The number of imide groups is 1. The van der Waals surface area contributed by atoms with Crippen molar-refractivity contribution in [1.82, 2.24) is 25.6 Å². The molecule has 2 N–H and O–H groups in total. The van der Waals surface area contributed by atoms with Crippen LogP contribution in [-0.4, -0.2) is 40.1 Å². The van der Waals surface area contributed by atoms with Crippen molar-refractivity contribution in [3.05, 3.63) is 11.9 Å². The zero-order valence-corrected chi connectivity index (χ0v) is 10.5. The molecule has 0 bridgehead atoms. The molecule has 0 aliphatic carbocycles. The third-order valence-corrected chi connectivity index (χ3v) is 1.96. The summed E-state index contributed by atoms with van der Waals surface area (Å²) in [5.41, 5.74) is 0.737. The van der Waals surface area contributed by atoms with Gasteiger partial charge in [0.1, 0.15) is 6.54 Å². The molecule has 0 aliphatic rings. The molecule has 1 heterocycles. The maximum atomic E-state index is 11.4. The number of hydrogen-bond donors (Lipinski definition) is 2. The van der Waals surface area contributed by atoms with Crippen molar-refractivity contribution in [3.8, 4) is 0 Å². The predicted octanol–water partition coefficient (Wildman–Crippen LogP) is -0.340. The van der Waals surface area contributed by atoms with E-state index in [4.69, 9.17) is 0 Å². The second-order valence-electron chi connectivity index (χ2n) is 3.46. The molecule has 0 radical (unpaired) electrons. The van der Waals surface area contributed by atoms with Crippen molar-refractivity contribution in [1.29, 1.82) is 0 Å². The molecule has 0 atom stereocenters. The molecule has 0 unspecified atom stereocenters. The van der Waals surface area contributed by atoms with E-state index in [-0.39, 0.29) is 13.2 Å². The molecular weight excluding hydrogens is 238 g/mol. The number of nitrogens with one attached hydrogen (secondary N) is 2. The van der Waals surface area contributed by atoms with Crippen molar-refractivity contribution in [3.63, 3.8) is 0 Å². The Bertz CT molecular complexity index is 404. The number of amides is 2. The van der Waals surface area contributed by atoms with E-state index in [1.54, 1.807) is 13.1 Å². The van der Waals surface area contributed by atoms with Crippen molar-refractivity contribution in [2.24, 2.45) is 0 Å². The van der Waals surface area contributed by atoms with Crippen molar-refractivity contribution < 1.29 is 14.3 Å². The third kappa shape index (κ3) is 4.91. The lowest BCUT2D eigenvalue weighted by atomic mass is 10.4. The topological polar surface area (TPSA) is 98.1 Å². The lowest BCUT2D eigenvalue weighted by Crippen LogP contribution is -2.33. The quantitative estimate of drug-likeness (QED) is 0.721. The van der Waals surface area contributed by atoms with Gasteiger partial charge in [-0.25, -0.2) is 9.48 Å². The lowest BCUT2D eigenvalue weighted by molar-refractivity contribution is -0.121. The number of hydrogen-bond acceptors (Lipinski definition) is 6. The smallest absolute Gasteiger partial charge is 0.413 e. The highest BCUT2D eigenvalue weighted by molar-refractivity contribution is 5.91. The highest BCUT2D eigenvalue weighted by Gasteiger charge is 2.10. The van der Waals surface area contributed by atoms with Crippen LogP contribution in [-0.2, 0) is 22.6 Å². The van der Waals surface area contributed by atoms with Crippen molar-refractivity contribution in [2.45, 2.75) is 26.9 Å². The van der Waals surface area contributed by atoms with Crippen LogP contribution in [0.15, 0.2) is 6.20 Å². The van der Waals surface area contributed by atoms with E-state index in [0.29, 0.717) is 6.54 Å². The summed E-state index contributed by atoms with van der Waals surface area (Å²) in [7, 11) is 0. The van der Waals surface area contributed by atoms with Crippen LogP contribution >= 0.6 is 0 Å². The molecular formula is C10H17N5O3. The summed E-state index contributed by atoms with van der Waals surface area (Å²) < 4.78 is 5.94. The van der Waals surface area contributed by atoms with E-state index in [1.807, 2.05) is 6.92 Å². The van der Waals surface area contributed by atoms with Crippen LogP contribution < -0.4 is 10.6 Å². The fourth-order valence-electron chi connectivity index (χ4n) is 1.22. The lowest BCUT2D eigenvalue weighted by Gasteiger charge is -2.03. The molecule has 1 aromatic rings. The SMILES string of the molecule is CCNCc1cn(CC(=O)NC(=O)OCC)nn1. The zero-order chi connectivity index (χ0) is 13.4. The Morgan fingerprint density at radius 3 is 2.89 bits per heavy atom. The molecule has 1 rings (SSSR count). The van der Waals surface area contributed by atoms with E-state index in [2.05, 4.69) is 25.7 Å². The first kappa shape index (κ1) is 14.1. The fourth-order valence-corrected chi connectivity index (χ4v) is 1.22. The van der Waals surface area contributed by atoms with Gasteiger partial charge in [-0.1, -0.05) is 12.1 Å². The van der Waals surface area contributed by atoms with Gasteiger partial charge in [0.05, 0.1) is 18.5 Å². The number of nitrogens with zero attached hydrogens (tertiary/aromatic N) is 3. The minimum Gasteiger partial charge on any atom is -0.450 e. The second kappa shape index (κ2) is 7.38. The van der Waals surface area contributed by atoms with Crippen LogP contribution in [0, 0.1) is 0 Å². The fraction of sp³-hybridized carbons (Fsp3) is 0.600. The average Bonchev–Trinajstić information content (AvgIpc) is 2.74. The molecule has 0 saturated heterocycles. The Labute approximate surface area is 105 Å². The van der Waals surface area contributed by atoms with E-state index in [1.165, 1.54) is 4.68 Å². The van der Waals surface area contributed by atoms with Crippen LogP contribution in [0.5, 0.6) is 0 Å². The van der Waals surface area contributed by atoms with Crippen LogP contribution in [0.4, 0.5) is 4.79 Å². The van der Waals surface area contributed by atoms with Gasteiger partial charge >= 0.3 is 6.09 Å². The zero-order valence-electron chi connectivity index (χ0n) is 10.5. The molecule has 18 heavy (non-hydrogen) atoms. The van der Waals surface area contributed by atoms with Gasteiger partial charge in [-0.2, -0.15) is 0 Å². The normalized spacial score (nSPS) is 10.1. The summed E-state index contributed by atoms with van der Waals surface area (Å²) in [6, 6.07) is 0. The third-order valence-electron chi connectivity index (χ3n) is 1.96. The van der Waals surface area contributed by atoms with E-state index >= 15 is 0 Å². The second-order valence-corrected chi connectivity index (χ2v) is 3.46. The van der Waals surface area contributed by atoms with Gasteiger partial charge in [0.15, 0.2) is 0 Å². The molecule has 0 fully saturated rings. The van der Waals surface area contributed by atoms with Gasteiger partial charge in [0.25, 0.3) is 5.91 Å². The summed E-state index contributed by atoms with van der Waals surface area (Å²) in [5, 5.41) is 12.8. The number of carbonyl (C=O) groups is 2. The van der Waals surface area contributed by atoms with Gasteiger partial charge in [0, 0.05) is 6.54 Å². The summed E-state index contributed by atoms with van der Waals surface area (Å²) >= 11 is 0. The Morgan fingerprint density at radius 1 is 1.44 bits per heavy atom. The molecule has 0 spiro atoms. The first-order valence-corrected chi connectivity index (χ1v) is 5.72. The number of alkyl carbamates (subject to hydrolysis) is 1. The average molecular weight is 255 g/mol. The van der Waals surface area contributed by atoms with Gasteiger partial charge in [0.2, 0.25) is 0 Å². The summed E-state index contributed by atoms with van der Waals surface area (Å²) in [4.78, 5) is 22.4. The maximum absolute atomic E-state index is 11.4. The van der Waals surface area contributed by atoms with Gasteiger partial charge in [-0.15, -0.1) is 5.10 Å². The number of aromatic nitrogens is 3. The molecule has 0 aliphatic heterocycles. The standard InChI is InChI=1S/C10H17N5O3/c1-3-11-5-8-6-15(14-13-8)7-9(16)12-10(17)18-4-2/h6,11H,3-5,7H2,1-2H3,(H,12,16,17). The minimum atomic E-state index is -0.754. The van der Waals surface area contributed by atoms with Crippen LogP contribution in [0.2, 0.25) is 0 Å². The highest BCUT2D eigenvalue weighted by atomic mass is 16.5. The summed E-state index contributed by atoms with van der Waals surface area (Å²) in [6.45, 7) is 5.21. The van der Waals surface area contributed by atoms with Crippen LogP contribution in [0.25, 0.3) is 0 Å². The van der Waals surface area contributed by atoms with E-state index in [0.717, 1.165) is 12.2 Å². The largest absolute Gasteiger partial charge is 0.450 e. The van der Waals surface area contributed by atoms with Gasteiger partial charge in [-0.05, 0) is 13.5 Å². The van der Waals surface area contributed by atoms with Crippen LogP contribution in [0.3, 0.4) is 0 Å². The molecule has 100 valence electrons. The Balaban J connectivity index is 2.39. The van der Waals surface area contributed by atoms with Gasteiger partial charge < -0.3 is 10.1 Å². The molecule has 0 aromatic carbocycles. The maximum Gasteiger partial charge on any atom is 0.413 e. The first-order chi connectivity index (χ1) is 8.65. The molecule has 0 saturated carbocycles. The molecule has 1 aromatic heterocycles. The molecule has 8 heteroatoms. The molecule has 8 nitrogen and oxygen atoms in total. The Hall–Kier alpha value is -1.96. The minimum absolute atomic E-state index is 0.0715. The summed E-state index contributed by atoms with van der Waals surface area (Å²) in [5.74, 6) is -0.492. The van der Waals surface area contributed by atoms with Crippen LogP contribution in [0.1, 0.15) is 19.5 Å². The van der Waals surface area contributed by atoms with Gasteiger partial charge in [-0.3, -0.25) is 10.1 Å². The Morgan fingerprint density at radius 2 is 2.22 bits per heavy atom. The highest BCUT2D eigenvalue weighted by Crippen LogP contribution is 1.92. The summed E-state index contributed by atoms with van der Waals surface area (Å²) in [6.07, 6.45) is 0.892. The Kier molecular flexibility index (Phi) is 5.78. The number of carbonyl (C=O) groups excluding carboxylic acids is 2. The predicted molar refractivity (Wildman–Crippen MR) is 62.6 cm³/mol. The van der Waals surface area contributed by atoms with Crippen molar-refractivity contribution in [2.75, 3.05) is 13.2 Å².